The largest absolute Gasteiger partial charge is 0.310 e. The highest BCUT2D eigenvalue weighted by atomic mass is 79.9. The van der Waals surface area contributed by atoms with E-state index in [-0.39, 0.29) is 5.91 Å². The fourth-order valence-electron chi connectivity index (χ4n) is 2.40. The summed E-state index contributed by atoms with van der Waals surface area (Å²) in [6.45, 7) is 1.97. The number of allylic oxidation sites excluding steroid dienone is 4. The van der Waals surface area contributed by atoms with Crippen molar-refractivity contribution in [2.75, 3.05) is 10.6 Å². The number of alkyl halides is 1. The number of pyridine rings is 1. The molecule has 0 bridgehead atoms. The smallest absolute Gasteiger partial charge is 0.236 e. The molecule has 1 aliphatic heterocycles. The summed E-state index contributed by atoms with van der Waals surface area (Å²) in [6, 6.07) is 3.88. The number of hydrogen-bond donors (Lipinski definition) is 1. The molecule has 0 saturated carbocycles. The number of halogens is 1. The molecule has 1 N–H and O–H groups in total. The van der Waals surface area contributed by atoms with E-state index < -0.39 is 5.41 Å². The average molecular weight is 321 g/mol. The molecule has 100 valence electrons. The first-order valence-corrected chi connectivity index (χ1v) is 7.46. The monoisotopic (exact) mass is 320 g/mol. The second kappa shape index (κ2) is 6.15. The Bertz CT molecular complexity index is 525. The molecule has 1 aromatic heterocycles. The van der Waals surface area contributed by atoms with E-state index in [0.717, 1.165) is 10.9 Å². The highest BCUT2D eigenvalue weighted by Gasteiger charge is 2.45. The number of rotatable bonds is 5. The van der Waals surface area contributed by atoms with Crippen molar-refractivity contribution in [2.24, 2.45) is 0 Å². The van der Waals surface area contributed by atoms with Gasteiger partial charge < -0.3 is 5.32 Å². The van der Waals surface area contributed by atoms with Crippen LogP contribution < -0.4 is 5.32 Å². The van der Waals surface area contributed by atoms with E-state index in [1.807, 2.05) is 37.3 Å². The number of amides is 1. The molecule has 0 aromatic carbocycles. The highest BCUT2D eigenvalue weighted by Crippen LogP contribution is 2.42. The molecule has 19 heavy (non-hydrogen) atoms. The van der Waals surface area contributed by atoms with Gasteiger partial charge in [-0.3, -0.25) is 4.79 Å². The predicted molar refractivity (Wildman–Crippen MR) is 81.5 cm³/mol. The molecule has 0 unspecified atom stereocenters. The molecule has 2 heterocycles. The number of fused-ring (bicyclic) bond motifs is 1. The summed E-state index contributed by atoms with van der Waals surface area (Å²) >= 11 is 3.36. The molecule has 4 heteroatoms. The fraction of sp³-hybridized carbons (Fsp3) is 0.333. The third-order valence-corrected chi connectivity index (χ3v) is 3.79. The highest BCUT2D eigenvalue weighted by molar-refractivity contribution is 9.09. The standard InChI is InChI=1S/C15H17BrN2O/c1-2-3-8-15(9-4-5-10-16)12-7-6-11-17-13(12)18-14(15)19/h2-7,11H,8-10H2,1H3,(H,17,18,19)/b3-2+,5-4+/t15-/m1/s1. The van der Waals surface area contributed by atoms with E-state index in [2.05, 4.69) is 32.3 Å². The third kappa shape index (κ3) is 2.63. The first kappa shape index (κ1) is 14.0. The van der Waals surface area contributed by atoms with E-state index >= 15 is 0 Å². The minimum atomic E-state index is -0.519. The van der Waals surface area contributed by atoms with E-state index in [4.69, 9.17) is 0 Å². The van der Waals surface area contributed by atoms with Crippen molar-refractivity contribution in [3.8, 4) is 0 Å². The molecule has 1 aliphatic rings. The molecule has 0 fully saturated rings. The zero-order chi connectivity index (χ0) is 13.7. The Hall–Kier alpha value is -1.42. The summed E-state index contributed by atoms with van der Waals surface area (Å²) in [6.07, 6.45) is 11.2. The Morgan fingerprint density at radius 3 is 2.89 bits per heavy atom. The van der Waals surface area contributed by atoms with Gasteiger partial charge in [0.25, 0.3) is 0 Å². The zero-order valence-corrected chi connectivity index (χ0v) is 12.5. The van der Waals surface area contributed by atoms with E-state index in [9.17, 15) is 4.79 Å². The van der Waals surface area contributed by atoms with Gasteiger partial charge in [0.1, 0.15) is 5.82 Å². The van der Waals surface area contributed by atoms with Crippen molar-refractivity contribution in [3.05, 3.63) is 48.2 Å². The normalized spacial score (nSPS) is 22.1. The van der Waals surface area contributed by atoms with Crippen molar-refractivity contribution in [2.45, 2.75) is 25.2 Å². The molecule has 1 aromatic rings. The molecule has 2 rings (SSSR count). The van der Waals surface area contributed by atoms with E-state index in [0.29, 0.717) is 18.7 Å². The van der Waals surface area contributed by atoms with Gasteiger partial charge in [0.2, 0.25) is 5.91 Å². The van der Waals surface area contributed by atoms with Crippen molar-refractivity contribution in [1.29, 1.82) is 0 Å². The Labute approximate surface area is 121 Å². The Morgan fingerprint density at radius 1 is 1.37 bits per heavy atom. The summed E-state index contributed by atoms with van der Waals surface area (Å²) in [5.41, 5.74) is 0.478. The second-order valence-electron chi connectivity index (χ2n) is 4.54. The molecule has 1 amide bonds. The van der Waals surface area contributed by atoms with Crippen LogP contribution in [0.15, 0.2) is 42.6 Å². The van der Waals surface area contributed by atoms with Gasteiger partial charge in [0.15, 0.2) is 0 Å². The van der Waals surface area contributed by atoms with Crippen LogP contribution in [0.25, 0.3) is 0 Å². The maximum absolute atomic E-state index is 12.4. The van der Waals surface area contributed by atoms with Crippen molar-refractivity contribution in [3.63, 3.8) is 0 Å². The van der Waals surface area contributed by atoms with Crippen LogP contribution in [-0.2, 0) is 10.2 Å². The van der Waals surface area contributed by atoms with Crippen molar-refractivity contribution in [1.82, 2.24) is 4.98 Å². The lowest BCUT2D eigenvalue weighted by molar-refractivity contribution is -0.120. The van der Waals surface area contributed by atoms with Crippen LogP contribution >= 0.6 is 15.9 Å². The summed E-state index contributed by atoms with van der Waals surface area (Å²) in [5, 5.41) is 3.69. The van der Waals surface area contributed by atoms with Crippen LogP contribution in [0.4, 0.5) is 5.82 Å². The summed E-state index contributed by atoms with van der Waals surface area (Å²) < 4.78 is 0. The van der Waals surface area contributed by atoms with Crippen molar-refractivity contribution < 1.29 is 4.79 Å². The molecule has 0 spiro atoms. The Morgan fingerprint density at radius 2 is 2.16 bits per heavy atom. The van der Waals surface area contributed by atoms with Crippen LogP contribution in [0.1, 0.15) is 25.3 Å². The van der Waals surface area contributed by atoms with Gasteiger partial charge >= 0.3 is 0 Å². The number of hydrogen-bond acceptors (Lipinski definition) is 2. The summed E-state index contributed by atoms with van der Waals surface area (Å²) in [4.78, 5) is 16.7. The first-order chi connectivity index (χ1) is 9.24. The minimum Gasteiger partial charge on any atom is -0.310 e. The lowest BCUT2D eigenvalue weighted by Gasteiger charge is -2.24. The second-order valence-corrected chi connectivity index (χ2v) is 5.19. The van der Waals surface area contributed by atoms with Gasteiger partial charge in [0.05, 0.1) is 5.41 Å². The van der Waals surface area contributed by atoms with Gasteiger partial charge in [0, 0.05) is 17.1 Å². The van der Waals surface area contributed by atoms with E-state index in [1.54, 1.807) is 6.20 Å². The zero-order valence-electron chi connectivity index (χ0n) is 10.9. The number of aromatic nitrogens is 1. The van der Waals surface area contributed by atoms with Gasteiger partial charge in [-0.25, -0.2) is 4.98 Å². The molecule has 3 nitrogen and oxygen atoms in total. The Kier molecular flexibility index (Phi) is 4.53. The number of nitrogens with zero attached hydrogens (tertiary/aromatic N) is 1. The average Bonchev–Trinajstić information content (AvgIpc) is 2.70. The lowest BCUT2D eigenvalue weighted by atomic mass is 9.76. The van der Waals surface area contributed by atoms with Crippen molar-refractivity contribution >= 4 is 27.7 Å². The fourth-order valence-corrected chi connectivity index (χ4v) is 2.66. The quantitative estimate of drug-likeness (QED) is 0.665. The number of carbonyl (C=O) groups is 1. The number of nitrogens with one attached hydrogen (secondary N) is 1. The van der Waals surface area contributed by atoms with Gasteiger partial charge in [-0.1, -0.05) is 46.3 Å². The minimum absolute atomic E-state index is 0.0403. The van der Waals surface area contributed by atoms with Gasteiger partial charge in [-0.2, -0.15) is 0 Å². The Balaban J connectivity index is 2.41. The van der Waals surface area contributed by atoms with Crippen LogP contribution in [0, 0.1) is 0 Å². The topological polar surface area (TPSA) is 42.0 Å². The molecular weight excluding hydrogens is 304 g/mol. The van der Waals surface area contributed by atoms with Gasteiger partial charge in [-0.15, -0.1) is 0 Å². The van der Waals surface area contributed by atoms with Crippen LogP contribution in [0.5, 0.6) is 0 Å². The van der Waals surface area contributed by atoms with E-state index in [1.165, 1.54) is 0 Å². The van der Waals surface area contributed by atoms with Gasteiger partial charge in [-0.05, 0) is 25.8 Å². The van der Waals surface area contributed by atoms with Crippen LogP contribution in [-0.4, -0.2) is 16.2 Å². The molecule has 0 aliphatic carbocycles. The third-order valence-electron chi connectivity index (χ3n) is 3.41. The molecule has 0 radical (unpaired) electrons. The SMILES string of the molecule is C/C=C/C[C@]1(C/C=C/CBr)C(=O)Nc2ncccc21. The summed E-state index contributed by atoms with van der Waals surface area (Å²) in [7, 11) is 0. The lowest BCUT2D eigenvalue weighted by Crippen LogP contribution is -2.33. The predicted octanol–water partition coefficient (Wildman–Crippen LogP) is 3.58. The first-order valence-electron chi connectivity index (χ1n) is 6.33. The van der Waals surface area contributed by atoms with Crippen LogP contribution in [0.2, 0.25) is 0 Å². The number of anilines is 1. The number of carbonyl (C=O) groups excluding carboxylic acids is 1. The van der Waals surface area contributed by atoms with Crippen LogP contribution in [0.3, 0.4) is 0 Å². The summed E-state index contributed by atoms with van der Waals surface area (Å²) in [5.74, 6) is 0.739. The molecule has 0 saturated heterocycles. The maximum Gasteiger partial charge on any atom is 0.236 e. The molecular formula is C15H17BrN2O. The maximum atomic E-state index is 12.4. The molecule has 1 atom stereocenters.